The average molecular weight is 558 g/mol. The Morgan fingerprint density at radius 2 is 2.05 bits per heavy atom. The Balaban J connectivity index is 1.47. The number of aromatic nitrogens is 2. The number of carbonyl (C=O) groups is 1. The second kappa shape index (κ2) is 10.0. The topological polar surface area (TPSA) is 123 Å². The first-order valence-corrected chi connectivity index (χ1v) is 14.3. The molecule has 1 unspecified atom stereocenters. The zero-order chi connectivity index (χ0) is 27.1. The molecule has 2 aliphatic rings. The number of nitrogens with one attached hydrogen (secondary N) is 2. The minimum Gasteiger partial charge on any atom is -0.495 e. The second-order valence-corrected chi connectivity index (χ2v) is 11.7. The predicted molar refractivity (Wildman–Crippen MR) is 145 cm³/mol. The van der Waals surface area contributed by atoms with Gasteiger partial charge < -0.3 is 24.5 Å². The molecule has 12 heteroatoms. The minimum absolute atomic E-state index is 0.137. The third-order valence-corrected chi connectivity index (χ3v) is 7.52. The Bertz CT molecular complexity index is 1520. The van der Waals surface area contributed by atoms with Gasteiger partial charge in [-0.2, -0.15) is 13.4 Å². The van der Waals surface area contributed by atoms with Gasteiger partial charge in [0.1, 0.15) is 10.8 Å². The lowest BCUT2D eigenvalue weighted by Gasteiger charge is -2.25. The number of benzene rings is 2. The van der Waals surface area contributed by atoms with Crippen molar-refractivity contribution in [1.29, 1.82) is 0 Å². The van der Waals surface area contributed by atoms with Gasteiger partial charge >= 0.3 is 16.1 Å². The number of hydrogen-bond donors (Lipinski definition) is 2. The molecule has 0 aliphatic carbocycles. The molecule has 2 N–H and O–H groups in total. The van der Waals surface area contributed by atoms with Crippen LogP contribution < -0.4 is 20.3 Å². The molecule has 0 saturated carbocycles. The van der Waals surface area contributed by atoms with Crippen LogP contribution in [0.2, 0.25) is 5.02 Å². The summed E-state index contributed by atoms with van der Waals surface area (Å²) in [5.74, 6) is 0.649. The Morgan fingerprint density at radius 3 is 2.82 bits per heavy atom. The van der Waals surface area contributed by atoms with Crippen molar-refractivity contribution < 1.29 is 22.1 Å². The molecule has 0 amide bonds. The summed E-state index contributed by atoms with van der Waals surface area (Å²) >= 11 is 6.59. The molecule has 0 spiro atoms. The molecule has 5 rings (SSSR count). The van der Waals surface area contributed by atoms with E-state index in [0.717, 1.165) is 42.7 Å². The summed E-state index contributed by atoms with van der Waals surface area (Å²) in [5, 5.41) is 6.97. The summed E-state index contributed by atoms with van der Waals surface area (Å²) in [6.07, 6.45) is 3.17. The molecular weight excluding hydrogens is 530 g/mol. The van der Waals surface area contributed by atoms with Crippen molar-refractivity contribution in [3.8, 4) is 5.75 Å². The summed E-state index contributed by atoms with van der Waals surface area (Å²) in [5.41, 5.74) is 4.09. The highest BCUT2D eigenvalue weighted by Crippen LogP contribution is 2.47. The van der Waals surface area contributed by atoms with Crippen molar-refractivity contribution >= 4 is 50.8 Å². The van der Waals surface area contributed by atoms with Gasteiger partial charge in [0.05, 0.1) is 31.7 Å². The largest absolute Gasteiger partial charge is 0.495 e. The van der Waals surface area contributed by atoms with Crippen molar-refractivity contribution in [2.75, 3.05) is 36.7 Å². The van der Waals surface area contributed by atoms with E-state index in [1.807, 2.05) is 48.2 Å². The van der Waals surface area contributed by atoms with Crippen LogP contribution in [0.3, 0.4) is 0 Å². The monoisotopic (exact) mass is 557 g/mol. The van der Waals surface area contributed by atoms with E-state index in [1.54, 1.807) is 7.11 Å². The average Bonchev–Trinajstić information content (AvgIpc) is 3.15. The van der Waals surface area contributed by atoms with Gasteiger partial charge in [-0.15, -0.1) is 0 Å². The SMILES string of the molecule is COc1cc2c(cc1Nc1ncc(Cl)c(N3CC(C)(CC(=O)OS(C)(=O)=O)c4ccccc43)n1)CNCC2. The van der Waals surface area contributed by atoms with Crippen LogP contribution >= 0.6 is 11.6 Å². The molecule has 3 heterocycles. The smallest absolute Gasteiger partial charge is 0.323 e. The molecule has 38 heavy (non-hydrogen) atoms. The van der Waals surface area contributed by atoms with Crippen molar-refractivity contribution in [3.63, 3.8) is 0 Å². The van der Waals surface area contributed by atoms with E-state index in [9.17, 15) is 13.2 Å². The van der Waals surface area contributed by atoms with Crippen LogP contribution in [0.15, 0.2) is 42.6 Å². The molecule has 1 aromatic heterocycles. The highest BCUT2D eigenvalue weighted by atomic mass is 35.5. The number of halogens is 1. The van der Waals surface area contributed by atoms with Crippen molar-refractivity contribution in [3.05, 3.63) is 64.3 Å². The molecule has 3 aromatic rings. The maximum absolute atomic E-state index is 12.5. The van der Waals surface area contributed by atoms with E-state index in [-0.39, 0.29) is 6.42 Å². The van der Waals surface area contributed by atoms with Gasteiger partial charge in [-0.05, 0) is 47.9 Å². The third kappa shape index (κ3) is 5.27. The number of anilines is 4. The van der Waals surface area contributed by atoms with Gasteiger partial charge in [-0.3, -0.25) is 4.79 Å². The van der Waals surface area contributed by atoms with Gasteiger partial charge in [-0.25, -0.2) is 4.98 Å². The Labute approximate surface area is 226 Å². The summed E-state index contributed by atoms with van der Waals surface area (Å²) in [7, 11) is -2.29. The number of carbonyl (C=O) groups excluding carboxylic acids is 1. The number of fused-ring (bicyclic) bond motifs is 2. The standard InChI is InChI=1S/C26H28ClN5O5S/c1-26(12-23(33)37-38(3,34)35)15-32(21-7-5-4-6-18(21)26)24-19(27)14-29-25(31-24)30-20-10-17-13-28-9-8-16(17)11-22(20)36-2/h4-7,10-11,14,28H,8-9,12-13,15H2,1-3H3,(H,29,30,31). The molecule has 0 bridgehead atoms. The predicted octanol–water partition coefficient (Wildman–Crippen LogP) is 3.83. The van der Waals surface area contributed by atoms with Crippen molar-refractivity contribution in [2.45, 2.75) is 31.7 Å². The number of hydrogen-bond acceptors (Lipinski definition) is 10. The Morgan fingerprint density at radius 1 is 1.26 bits per heavy atom. The molecule has 200 valence electrons. The zero-order valence-electron chi connectivity index (χ0n) is 21.2. The van der Waals surface area contributed by atoms with Gasteiger partial charge in [0.15, 0.2) is 5.82 Å². The molecular formula is C26H28ClN5O5S. The lowest BCUT2D eigenvalue weighted by atomic mass is 9.81. The Kier molecular flexibility index (Phi) is 6.93. The van der Waals surface area contributed by atoms with Crippen LogP contribution in [0.4, 0.5) is 23.1 Å². The van der Waals surface area contributed by atoms with Crippen LogP contribution in [-0.2, 0) is 37.5 Å². The fraction of sp³-hybridized carbons (Fsp3) is 0.346. The van der Waals surface area contributed by atoms with Crippen LogP contribution in [0.1, 0.15) is 30.0 Å². The molecule has 0 radical (unpaired) electrons. The normalized spacial score (nSPS) is 18.5. The molecule has 1 atom stereocenters. The summed E-state index contributed by atoms with van der Waals surface area (Å²) < 4.78 is 33.3. The van der Waals surface area contributed by atoms with E-state index in [4.69, 9.17) is 21.3 Å². The number of para-hydroxylation sites is 1. The van der Waals surface area contributed by atoms with Crippen LogP contribution in [0, 0.1) is 0 Å². The van der Waals surface area contributed by atoms with Crippen molar-refractivity contribution in [2.24, 2.45) is 0 Å². The molecule has 2 aromatic carbocycles. The minimum atomic E-state index is -3.92. The van der Waals surface area contributed by atoms with Crippen LogP contribution in [0.25, 0.3) is 0 Å². The fourth-order valence-electron chi connectivity index (χ4n) is 5.10. The number of nitrogens with zero attached hydrogens (tertiary/aromatic N) is 3. The quantitative estimate of drug-likeness (QED) is 0.414. The van der Waals surface area contributed by atoms with Gasteiger partial charge in [0, 0.05) is 24.2 Å². The first kappa shape index (κ1) is 26.2. The number of methoxy groups -OCH3 is 1. The maximum atomic E-state index is 12.5. The Hall–Kier alpha value is -3.41. The number of rotatable bonds is 7. The summed E-state index contributed by atoms with van der Waals surface area (Å²) in [4.78, 5) is 23.5. The van der Waals surface area contributed by atoms with E-state index < -0.39 is 21.5 Å². The third-order valence-electron chi connectivity index (χ3n) is 6.77. The van der Waals surface area contributed by atoms with E-state index >= 15 is 0 Å². The molecule has 0 saturated heterocycles. The highest BCUT2D eigenvalue weighted by Gasteiger charge is 2.42. The van der Waals surface area contributed by atoms with Crippen molar-refractivity contribution in [1.82, 2.24) is 15.3 Å². The molecule has 10 nitrogen and oxygen atoms in total. The van der Waals surface area contributed by atoms with E-state index in [2.05, 4.69) is 19.8 Å². The first-order chi connectivity index (χ1) is 18.1. The van der Waals surface area contributed by atoms with Crippen LogP contribution in [-0.4, -0.2) is 50.8 Å². The maximum Gasteiger partial charge on any atom is 0.323 e. The second-order valence-electron chi connectivity index (χ2n) is 9.74. The van der Waals surface area contributed by atoms with Gasteiger partial charge in [0.2, 0.25) is 5.95 Å². The lowest BCUT2D eigenvalue weighted by molar-refractivity contribution is -0.134. The number of ether oxygens (including phenoxy) is 1. The van der Waals surface area contributed by atoms with E-state index in [1.165, 1.54) is 17.3 Å². The first-order valence-electron chi connectivity index (χ1n) is 12.1. The van der Waals surface area contributed by atoms with Crippen LogP contribution in [0.5, 0.6) is 5.75 Å². The summed E-state index contributed by atoms with van der Waals surface area (Å²) in [6.45, 7) is 3.91. The zero-order valence-corrected chi connectivity index (χ0v) is 22.8. The van der Waals surface area contributed by atoms with Gasteiger partial charge in [-0.1, -0.05) is 36.7 Å². The highest BCUT2D eigenvalue weighted by molar-refractivity contribution is 7.86. The molecule has 0 fully saturated rings. The fourth-order valence-corrected chi connectivity index (χ4v) is 5.69. The molecule has 2 aliphatic heterocycles. The lowest BCUT2D eigenvalue weighted by Crippen LogP contribution is -2.32. The van der Waals surface area contributed by atoms with E-state index in [0.29, 0.717) is 29.1 Å². The van der Waals surface area contributed by atoms with Gasteiger partial charge in [0.25, 0.3) is 0 Å². The summed E-state index contributed by atoms with van der Waals surface area (Å²) in [6, 6.07) is 11.6.